The minimum absolute atomic E-state index is 0.0160. The first-order valence-electron chi connectivity index (χ1n) is 2.75. The minimum atomic E-state index is -2.17. The Labute approximate surface area is 71.9 Å². The van der Waals surface area contributed by atoms with E-state index in [4.69, 9.17) is 33.8 Å². The van der Waals surface area contributed by atoms with Gasteiger partial charge in [0, 0.05) is 5.50 Å². The van der Waals surface area contributed by atoms with E-state index in [1.807, 2.05) is 20.8 Å². The molecule has 0 spiro atoms. The lowest BCUT2D eigenvalue weighted by atomic mass is 10.3. The normalized spacial score (nSPS) is 14.0. The standard InChI is InChI=1S/C5H11Cl3Si/c1-5(2,3)9(7,8)4-6/h4H2,1-3H3. The third-order valence-electron chi connectivity index (χ3n) is 1.27. The molecule has 0 heterocycles. The van der Waals surface area contributed by atoms with Crippen molar-refractivity contribution in [3.63, 3.8) is 0 Å². The van der Waals surface area contributed by atoms with Gasteiger partial charge in [-0.25, -0.2) is 0 Å². The molecule has 0 aromatic carbocycles. The Balaban J connectivity index is 4.14. The molecule has 0 aromatic rings. The Kier molecular flexibility index (Phi) is 3.36. The second kappa shape index (κ2) is 2.99. The molecule has 0 radical (unpaired) electrons. The van der Waals surface area contributed by atoms with Crippen LogP contribution in [0.4, 0.5) is 0 Å². The Morgan fingerprint density at radius 2 is 1.56 bits per heavy atom. The molecule has 0 unspecified atom stereocenters. The first kappa shape index (κ1) is 10.1. The molecule has 0 saturated carbocycles. The summed E-state index contributed by atoms with van der Waals surface area (Å²) in [6.45, 7) is 3.88. The monoisotopic (exact) mass is 204 g/mol. The van der Waals surface area contributed by atoms with Crippen molar-refractivity contribution < 1.29 is 0 Å². The predicted octanol–water partition coefficient (Wildman–Crippen LogP) is 3.48. The van der Waals surface area contributed by atoms with Crippen LogP contribution in [0, 0.1) is 0 Å². The van der Waals surface area contributed by atoms with Crippen LogP contribution in [0.2, 0.25) is 5.04 Å². The molecule has 0 N–H and O–H groups in total. The van der Waals surface area contributed by atoms with Crippen LogP contribution >= 0.6 is 33.8 Å². The van der Waals surface area contributed by atoms with Gasteiger partial charge in [-0.1, -0.05) is 20.8 Å². The summed E-state index contributed by atoms with van der Waals surface area (Å²) in [5.41, 5.74) is 0.402. The average Bonchev–Trinajstić information content (AvgIpc) is 1.64. The molecule has 0 amide bonds. The zero-order valence-corrected chi connectivity index (χ0v) is 9.11. The highest BCUT2D eigenvalue weighted by molar-refractivity contribution is 7.47. The Morgan fingerprint density at radius 1 is 1.22 bits per heavy atom. The van der Waals surface area contributed by atoms with E-state index in [1.165, 1.54) is 0 Å². The summed E-state index contributed by atoms with van der Waals surface area (Å²) in [4.78, 5) is 0. The molecule has 0 saturated heterocycles. The summed E-state index contributed by atoms with van der Waals surface area (Å²) in [6.07, 6.45) is 0. The van der Waals surface area contributed by atoms with Gasteiger partial charge in [-0.3, -0.25) is 0 Å². The Bertz CT molecular complexity index is 94.9. The van der Waals surface area contributed by atoms with Crippen LogP contribution < -0.4 is 0 Å². The first-order valence-corrected chi connectivity index (χ1v) is 7.51. The topological polar surface area (TPSA) is 0 Å². The van der Waals surface area contributed by atoms with Gasteiger partial charge in [0.1, 0.15) is 0 Å². The van der Waals surface area contributed by atoms with Gasteiger partial charge in [0.15, 0.2) is 0 Å². The maximum absolute atomic E-state index is 5.97. The maximum atomic E-state index is 5.97. The van der Waals surface area contributed by atoms with Crippen LogP contribution in [0.1, 0.15) is 20.8 Å². The lowest BCUT2D eigenvalue weighted by molar-refractivity contribution is 0.744. The Morgan fingerprint density at radius 3 is 1.56 bits per heavy atom. The highest BCUT2D eigenvalue weighted by atomic mass is 35.7. The zero-order valence-electron chi connectivity index (χ0n) is 5.84. The van der Waals surface area contributed by atoms with Crippen molar-refractivity contribution in [1.82, 2.24) is 0 Å². The highest BCUT2D eigenvalue weighted by Gasteiger charge is 2.41. The molecule has 9 heavy (non-hydrogen) atoms. The third kappa shape index (κ3) is 2.66. The third-order valence-corrected chi connectivity index (χ3v) is 10.0. The lowest BCUT2D eigenvalue weighted by Gasteiger charge is -2.28. The van der Waals surface area contributed by atoms with Crippen LogP contribution in [-0.4, -0.2) is 12.2 Å². The number of alkyl halides is 1. The van der Waals surface area contributed by atoms with Crippen molar-refractivity contribution in [2.24, 2.45) is 0 Å². The summed E-state index contributed by atoms with van der Waals surface area (Å²) in [7, 11) is 0. The summed E-state index contributed by atoms with van der Waals surface area (Å²) >= 11 is 17.5. The molecule has 4 heteroatoms. The fraction of sp³-hybridized carbons (Fsp3) is 1.00. The van der Waals surface area contributed by atoms with E-state index in [1.54, 1.807) is 0 Å². The molecule has 0 aliphatic heterocycles. The van der Waals surface area contributed by atoms with Gasteiger partial charge in [-0.2, -0.15) is 0 Å². The van der Waals surface area contributed by atoms with Crippen LogP contribution in [0.3, 0.4) is 0 Å². The van der Waals surface area contributed by atoms with Crippen molar-refractivity contribution in [2.75, 3.05) is 5.50 Å². The fourth-order valence-electron chi connectivity index (χ4n) is 0.200. The molecule has 0 aliphatic carbocycles. The lowest BCUT2D eigenvalue weighted by Crippen LogP contribution is -2.34. The Hall–Kier alpha value is 1.09. The molecule has 0 aliphatic rings. The van der Waals surface area contributed by atoms with Crippen molar-refractivity contribution in [1.29, 1.82) is 0 Å². The maximum Gasteiger partial charge on any atom is 0.270 e. The van der Waals surface area contributed by atoms with Gasteiger partial charge in [0.25, 0.3) is 6.69 Å². The van der Waals surface area contributed by atoms with Gasteiger partial charge in [-0.05, 0) is 5.04 Å². The van der Waals surface area contributed by atoms with Gasteiger partial charge >= 0.3 is 0 Å². The molecule has 0 atom stereocenters. The zero-order chi connectivity index (χ0) is 7.71. The summed E-state index contributed by atoms with van der Waals surface area (Å²) < 4.78 is 0. The fourth-order valence-corrected chi connectivity index (χ4v) is 1.80. The van der Waals surface area contributed by atoms with E-state index in [0.717, 1.165) is 0 Å². The van der Waals surface area contributed by atoms with E-state index in [-0.39, 0.29) is 5.04 Å². The van der Waals surface area contributed by atoms with Crippen molar-refractivity contribution >= 4 is 40.5 Å². The molecular formula is C5H11Cl3Si. The van der Waals surface area contributed by atoms with E-state index in [2.05, 4.69) is 0 Å². The number of hydrogen-bond donors (Lipinski definition) is 0. The van der Waals surface area contributed by atoms with Gasteiger partial charge in [-0.15, -0.1) is 33.8 Å². The molecule has 0 nitrogen and oxygen atoms in total. The van der Waals surface area contributed by atoms with Gasteiger partial charge in [0.05, 0.1) is 0 Å². The molecule has 0 bridgehead atoms. The molecule has 0 fully saturated rings. The second-order valence-corrected chi connectivity index (χ2v) is 11.5. The van der Waals surface area contributed by atoms with Crippen molar-refractivity contribution in [2.45, 2.75) is 25.8 Å². The highest BCUT2D eigenvalue weighted by Crippen LogP contribution is 2.42. The number of hydrogen-bond acceptors (Lipinski definition) is 0. The van der Waals surface area contributed by atoms with Gasteiger partial charge in [0.2, 0.25) is 0 Å². The number of halogens is 3. The SMILES string of the molecule is CC(C)(C)[Si](Cl)(Cl)CCl. The molecular weight excluding hydrogens is 194 g/mol. The minimum Gasteiger partial charge on any atom is -0.144 e. The largest absolute Gasteiger partial charge is 0.270 e. The van der Waals surface area contributed by atoms with Gasteiger partial charge < -0.3 is 0 Å². The summed E-state index contributed by atoms with van der Waals surface area (Å²) in [5.74, 6) is 0. The van der Waals surface area contributed by atoms with Crippen LogP contribution in [0.15, 0.2) is 0 Å². The van der Waals surface area contributed by atoms with E-state index in [9.17, 15) is 0 Å². The summed E-state index contributed by atoms with van der Waals surface area (Å²) in [5, 5.41) is -0.0160. The van der Waals surface area contributed by atoms with Crippen LogP contribution in [0.25, 0.3) is 0 Å². The first-order chi connectivity index (χ1) is 3.81. The second-order valence-electron chi connectivity index (χ2n) is 3.09. The quantitative estimate of drug-likeness (QED) is 0.349. The summed E-state index contributed by atoms with van der Waals surface area (Å²) in [6, 6.07) is 0. The molecule has 56 valence electrons. The van der Waals surface area contributed by atoms with Crippen LogP contribution in [-0.2, 0) is 0 Å². The van der Waals surface area contributed by atoms with E-state index >= 15 is 0 Å². The predicted molar refractivity (Wildman–Crippen MR) is 47.9 cm³/mol. The van der Waals surface area contributed by atoms with E-state index < -0.39 is 6.69 Å². The van der Waals surface area contributed by atoms with Crippen LogP contribution in [0.5, 0.6) is 0 Å². The van der Waals surface area contributed by atoms with E-state index in [0.29, 0.717) is 5.50 Å². The average molecular weight is 206 g/mol. The molecule has 0 aromatic heterocycles. The number of rotatable bonds is 1. The van der Waals surface area contributed by atoms with Crippen molar-refractivity contribution in [3.05, 3.63) is 0 Å². The van der Waals surface area contributed by atoms with Crippen molar-refractivity contribution in [3.8, 4) is 0 Å². The molecule has 0 rings (SSSR count). The smallest absolute Gasteiger partial charge is 0.144 e.